The third kappa shape index (κ3) is 1.75. The predicted molar refractivity (Wildman–Crippen MR) is 51.3 cm³/mol. The summed E-state index contributed by atoms with van der Waals surface area (Å²) in [6, 6.07) is 4.29. The summed E-state index contributed by atoms with van der Waals surface area (Å²) in [4.78, 5) is 0. The van der Waals surface area contributed by atoms with Gasteiger partial charge in [-0.3, -0.25) is 0 Å². The average Bonchev–Trinajstić information content (AvgIpc) is 2.79. The summed E-state index contributed by atoms with van der Waals surface area (Å²) >= 11 is 0. The van der Waals surface area contributed by atoms with Crippen LogP contribution in [0, 0.1) is 0 Å². The molecule has 0 amide bonds. The lowest BCUT2D eigenvalue weighted by atomic mass is 10.5. The average molecular weight is 205 g/mol. The third-order valence-corrected chi connectivity index (χ3v) is 2.38. The molecular weight excluding hydrogens is 194 g/mol. The SMILES string of the molecule is c1coc(-n2nnnc2CNC2CC2)c1. The van der Waals surface area contributed by atoms with E-state index < -0.39 is 0 Å². The molecule has 0 unspecified atom stereocenters. The van der Waals surface area contributed by atoms with Crippen LogP contribution in [0.15, 0.2) is 22.8 Å². The van der Waals surface area contributed by atoms with Crippen LogP contribution in [0.4, 0.5) is 0 Å². The van der Waals surface area contributed by atoms with Crippen molar-refractivity contribution >= 4 is 0 Å². The molecule has 0 saturated heterocycles. The number of aromatic nitrogens is 4. The van der Waals surface area contributed by atoms with Gasteiger partial charge in [0.2, 0.25) is 5.88 Å². The summed E-state index contributed by atoms with van der Waals surface area (Å²) in [5.74, 6) is 1.42. The van der Waals surface area contributed by atoms with Crippen molar-refractivity contribution in [1.29, 1.82) is 0 Å². The smallest absolute Gasteiger partial charge is 0.222 e. The fourth-order valence-electron chi connectivity index (χ4n) is 1.40. The van der Waals surface area contributed by atoms with Crippen LogP contribution >= 0.6 is 0 Å². The first-order valence-electron chi connectivity index (χ1n) is 4.98. The largest absolute Gasteiger partial charge is 0.447 e. The molecule has 0 radical (unpaired) electrons. The van der Waals surface area contributed by atoms with E-state index in [0.717, 1.165) is 5.82 Å². The molecule has 2 aromatic heterocycles. The van der Waals surface area contributed by atoms with Gasteiger partial charge < -0.3 is 9.73 Å². The molecule has 2 heterocycles. The second kappa shape index (κ2) is 3.47. The summed E-state index contributed by atoms with van der Waals surface area (Å²) < 4.78 is 6.84. The second-order valence-corrected chi connectivity index (χ2v) is 3.61. The van der Waals surface area contributed by atoms with E-state index in [1.807, 2.05) is 12.1 Å². The lowest BCUT2D eigenvalue weighted by Gasteiger charge is -2.01. The molecule has 15 heavy (non-hydrogen) atoms. The van der Waals surface area contributed by atoms with E-state index in [2.05, 4.69) is 20.8 Å². The Balaban J connectivity index is 1.79. The van der Waals surface area contributed by atoms with Crippen LogP contribution in [-0.2, 0) is 6.54 Å². The van der Waals surface area contributed by atoms with Crippen LogP contribution in [0.5, 0.6) is 0 Å². The van der Waals surface area contributed by atoms with Gasteiger partial charge in [0.15, 0.2) is 5.82 Å². The van der Waals surface area contributed by atoms with E-state index in [0.29, 0.717) is 18.5 Å². The zero-order valence-corrected chi connectivity index (χ0v) is 8.13. The maximum absolute atomic E-state index is 5.23. The summed E-state index contributed by atoms with van der Waals surface area (Å²) in [6.45, 7) is 0.679. The van der Waals surface area contributed by atoms with Crippen molar-refractivity contribution < 1.29 is 4.42 Å². The van der Waals surface area contributed by atoms with Gasteiger partial charge in [-0.25, -0.2) is 0 Å². The first kappa shape index (κ1) is 8.60. The summed E-state index contributed by atoms with van der Waals surface area (Å²) in [5, 5.41) is 14.8. The lowest BCUT2D eigenvalue weighted by Crippen LogP contribution is -2.18. The number of furan rings is 1. The maximum atomic E-state index is 5.23. The zero-order chi connectivity index (χ0) is 10.1. The summed E-state index contributed by atoms with van der Waals surface area (Å²) in [5.41, 5.74) is 0. The highest BCUT2D eigenvalue weighted by Crippen LogP contribution is 2.19. The zero-order valence-electron chi connectivity index (χ0n) is 8.13. The predicted octanol–water partition coefficient (Wildman–Crippen LogP) is 0.507. The molecule has 0 spiro atoms. The molecule has 3 rings (SSSR count). The first-order chi connectivity index (χ1) is 7.43. The molecular formula is C9H11N5O. The van der Waals surface area contributed by atoms with Crippen molar-refractivity contribution in [1.82, 2.24) is 25.5 Å². The van der Waals surface area contributed by atoms with Gasteiger partial charge in [-0.05, 0) is 29.3 Å². The Morgan fingerprint density at radius 1 is 1.53 bits per heavy atom. The molecule has 1 aliphatic carbocycles. The van der Waals surface area contributed by atoms with Gasteiger partial charge in [-0.15, -0.1) is 5.10 Å². The van der Waals surface area contributed by atoms with Crippen molar-refractivity contribution in [3.63, 3.8) is 0 Å². The van der Waals surface area contributed by atoms with Crippen LogP contribution < -0.4 is 5.32 Å². The molecule has 2 aromatic rings. The van der Waals surface area contributed by atoms with Crippen molar-refractivity contribution in [3.05, 3.63) is 24.2 Å². The normalized spacial score (nSPS) is 15.7. The number of rotatable bonds is 4. The van der Waals surface area contributed by atoms with E-state index in [-0.39, 0.29) is 0 Å². The molecule has 1 aliphatic rings. The van der Waals surface area contributed by atoms with E-state index in [1.54, 1.807) is 10.9 Å². The Bertz CT molecular complexity index is 431. The molecule has 6 heteroatoms. The minimum absolute atomic E-state index is 0.645. The molecule has 1 fully saturated rings. The van der Waals surface area contributed by atoms with E-state index in [9.17, 15) is 0 Å². The van der Waals surface area contributed by atoms with Crippen molar-refractivity contribution in [2.75, 3.05) is 0 Å². The van der Waals surface area contributed by atoms with Crippen LogP contribution in [0.2, 0.25) is 0 Å². The highest BCUT2D eigenvalue weighted by Gasteiger charge is 2.21. The fraction of sp³-hybridized carbons (Fsp3) is 0.444. The number of hydrogen-bond donors (Lipinski definition) is 1. The minimum Gasteiger partial charge on any atom is -0.447 e. The van der Waals surface area contributed by atoms with Crippen LogP contribution in [0.25, 0.3) is 5.88 Å². The number of nitrogens with zero attached hydrogens (tertiary/aromatic N) is 4. The molecule has 0 aromatic carbocycles. The molecule has 0 atom stereocenters. The monoisotopic (exact) mass is 205 g/mol. The van der Waals surface area contributed by atoms with Gasteiger partial charge in [0.25, 0.3) is 0 Å². The number of nitrogens with one attached hydrogen (secondary N) is 1. The second-order valence-electron chi connectivity index (χ2n) is 3.61. The van der Waals surface area contributed by atoms with Crippen LogP contribution in [-0.4, -0.2) is 26.2 Å². The minimum atomic E-state index is 0.645. The Morgan fingerprint density at radius 2 is 2.47 bits per heavy atom. The van der Waals surface area contributed by atoms with Crippen LogP contribution in [0.1, 0.15) is 18.7 Å². The Labute approximate surface area is 86.3 Å². The van der Waals surface area contributed by atoms with Gasteiger partial charge in [0.05, 0.1) is 12.8 Å². The Hall–Kier alpha value is -1.69. The lowest BCUT2D eigenvalue weighted by molar-refractivity contribution is 0.504. The summed E-state index contributed by atoms with van der Waals surface area (Å²) in [7, 11) is 0. The fourth-order valence-corrected chi connectivity index (χ4v) is 1.40. The van der Waals surface area contributed by atoms with Gasteiger partial charge in [0.1, 0.15) is 0 Å². The first-order valence-corrected chi connectivity index (χ1v) is 4.98. The van der Waals surface area contributed by atoms with Gasteiger partial charge >= 0.3 is 0 Å². The molecule has 0 aliphatic heterocycles. The molecule has 6 nitrogen and oxygen atoms in total. The van der Waals surface area contributed by atoms with E-state index >= 15 is 0 Å². The highest BCUT2D eigenvalue weighted by atomic mass is 16.3. The molecule has 0 bridgehead atoms. The van der Waals surface area contributed by atoms with Crippen molar-refractivity contribution in [2.45, 2.75) is 25.4 Å². The number of hydrogen-bond acceptors (Lipinski definition) is 5. The van der Waals surface area contributed by atoms with Gasteiger partial charge in [0, 0.05) is 12.1 Å². The topological polar surface area (TPSA) is 68.8 Å². The Morgan fingerprint density at radius 3 is 3.20 bits per heavy atom. The third-order valence-electron chi connectivity index (χ3n) is 2.38. The standard InChI is InChI=1S/C9H11N5O/c1-2-9(15-5-1)14-8(11-12-13-14)6-10-7-3-4-7/h1-2,5,7,10H,3-4,6H2. The molecule has 1 saturated carbocycles. The number of tetrazole rings is 1. The highest BCUT2D eigenvalue weighted by molar-refractivity contribution is 5.16. The van der Waals surface area contributed by atoms with E-state index in [4.69, 9.17) is 4.42 Å². The molecule has 1 N–H and O–H groups in total. The summed E-state index contributed by atoms with van der Waals surface area (Å²) in [6.07, 6.45) is 4.11. The van der Waals surface area contributed by atoms with Gasteiger partial charge in [-0.1, -0.05) is 0 Å². The van der Waals surface area contributed by atoms with Gasteiger partial charge in [-0.2, -0.15) is 4.68 Å². The maximum Gasteiger partial charge on any atom is 0.222 e. The van der Waals surface area contributed by atoms with Crippen molar-refractivity contribution in [2.24, 2.45) is 0 Å². The molecule has 78 valence electrons. The quantitative estimate of drug-likeness (QED) is 0.787. The van der Waals surface area contributed by atoms with E-state index in [1.165, 1.54) is 12.8 Å². The van der Waals surface area contributed by atoms with Crippen LogP contribution in [0.3, 0.4) is 0 Å². The Kier molecular flexibility index (Phi) is 1.99. The van der Waals surface area contributed by atoms with Crippen molar-refractivity contribution in [3.8, 4) is 5.88 Å².